The van der Waals surface area contributed by atoms with Crippen molar-refractivity contribution >= 4 is 17.7 Å². The average molecular weight is 288 g/mol. The van der Waals surface area contributed by atoms with Crippen LogP contribution >= 0.6 is 0 Å². The predicted molar refractivity (Wildman–Crippen MR) is 82.2 cm³/mol. The number of urea groups is 1. The molecule has 21 heavy (non-hydrogen) atoms. The number of amides is 2. The number of carbonyl (C=O) groups excluding carboxylic acids is 1. The van der Waals surface area contributed by atoms with E-state index in [-0.39, 0.29) is 25.0 Å². The summed E-state index contributed by atoms with van der Waals surface area (Å²) in [6, 6.07) is 6.58. The first-order valence-electron chi connectivity index (χ1n) is 6.81. The molecule has 0 heterocycles. The Morgan fingerprint density at radius 3 is 2.62 bits per heavy atom. The molecule has 0 fully saturated rings. The second-order valence-electron chi connectivity index (χ2n) is 4.66. The lowest BCUT2D eigenvalue weighted by molar-refractivity contribution is -0.136. The summed E-state index contributed by atoms with van der Waals surface area (Å²) in [6.07, 6.45) is 5.83. The lowest BCUT2D eigenvalue weighted by Gasteiger charge is -2.25. The van der Waals surface area contributed by atoms with Crippen LogP contribution in [0.5, 0.6) is 0 Å². The molecule has 1 atom stereocenters. The standard InChI is InChI=1S/C16H20N2O3/c1-4-13(5-2)17-16(21)18(11-10-15(19)20)14-9-7-6-8-12(14)3/h1,6-9,13H,5,10-11H2,2-3H3,(H,17,21)(H,19,20). The minimum Gasteiger partial charge on any atom is -0.481 e. The molecule has 0 aliphatic rings. The van der Waals surface area contributed by atoms with E-state index >= 15 is 0 Å². The molecule has 1 rings (SSSR count). The molecule has 2 amide bonds. The first-order valence-corrected chi connectivity index (χ1v) is 6.81. The van der Waals surface area contributed by atoms with Gasteiger partial charge in [-0.05, 0) is 25.0 Å². The molecule has 0 aromatic heterocycles. The molecule has 0 bridgehead atoms. The number of carboxylic acid groups (broad SMARTS) is 1. The van der Waals surface area contributed by atoms with Crippen molar-refractivity contribution in [3.8, 4) is 12.3 Å². The van der Waals surface area contributed by atoms with Crippen LogP contribution in [0, 0.1) is 19.3 Å². The van der Waals surface area contributed by atoms with E-state index in [1.807, 2.05) is 32.0 Å². The van der Waals surface area contributed by atoms with Crippen molar-refractivity contribution in [2.45, 2.75) is 32.7 Å². The maximum Gasteiger partial charge on any atom is 0.322 e. The maximum absolute atomic E-state index is 12.4. The van der Waals surface area contributed by atoms with Crippen LogP contribution in [0.25, 0.3) is 0 Å². The van der Waals surface area contributed by atoms with Gasteiger partial charge in [0.25, 0.3) is 0 Å². The fourth-order valence-electron chi connectivity index (χ4n) is 1.89. The minimum absolute atomic E-state index is 0.0903. The number of benzene rings is 1. The number of aryl methyl sites for hydroxylation is 1. The minimum atomic E-state index is -0.953. The molecule has 1 unspecified atom stereocenters. The van der Waals surface area contributed by atoms with Gasteiger partial charge in [-0.3, -0.25) is 9.69 Å². The highest BCUT2D eigenvalue weighted by atomic mass is 16.4. The van der Waals surface area contributed by atoms with Crippen molar-refractivity contribution in [1.29, 1.82) is 0 Å². The number of carbonyl (C=O) groups is 2. The molecular weight excluding hydrogens is 268 g/mol. The van der Waals surface area contributed by atoms with Crippen LogP contribution < -0.4 is 10.2 Å². The quantitative estimate of drug-likeness (QED) is 0.790. The van der Waals surface area contributed by atoms with Gasteiger partial charge in [0, 0.05) is 12.2 Å². The molecule has 5 heteroatoms. The van der Waals surface area contributed by atoms with Crippen molar-refractivity contribution < 1.29 is 14.7 Å². The molecule has 0 saturated heterocycles. The first kappa shape index (κ1) is 16.6. The van der Waals surface area contributed by atoms with E-state index in [1.54, 1.807) is 6.07 Å². The number of anilines is 1. The van der Waals surface area contributed by atoms with Gasteiger partial charge in [-0.25, -0.2) is 4.79 Å². The van der Waals surface area contributed by atoms with Gasteiger partial charge >= 0.3 is 12.0 Å². The van der Waals surface area contributed by atoms with Crippen molar-refractivity contribution in [3.63, 3.8) is 0 Å². The number of nitrogens with zero attached hydrogens (tertiary/aromatic N) is 1. The van der Waals surface area contributed by atoms with Gasteiger partial charge in [-0.15, -0.1) is 6.42 Å². The van der Waals surface area contributed by atoms with Crippen LogP contribution in [0.1, 0.15) is 25.3 Å². The molecule has 0 saturated carbocycles. The van der Waals surface area contributed by atoms with Crippen molar-refractivity contribution in [2.75, 3.05) is 11.4 Å². The summed E-state index contributed by atoms with van der Waals surface area (Å²) in [6.45, 7) is 3.84. The van der Waals surface area contributed by atoms with Crippen LogP contribution in [0.2, 0.25) is 0 Å². The molecule has 0 aliphatic carbocycles. The number of hydrogen-bond donors (Lipinski definition) is 2. The highest BCUT2D eigenvalue weighted by Crippen LogP contribution is 2.20. The fourth-order valence-corrected chi connectivity index (χ4v) is 1.89. The second-order valence-corrected chi connectivity index (χ2v) is 4.66. The normalized spacial score (nSPS) is 11.3. The molecule has 112 valence electrons. The zero-order valence-electron chi connectivity index (χ0n) is 12.3. The lowest BCUT2D eigenvalue weighted by atomic mass is 10.1. The van der Waals surface area contributed by atoms with E-state index in [0.29, 0.717) is 12.1 Å². The summed E-state index contributed by atoms with van der Waals surface area (Å²) >= 11 is 0. The average Bonchev–Trinajstić information content (AvgIpc) is 2.46. The van der Waals surface area contributed by atoms with Crippen LogP contribution in [0.3, 0.4) is 0 Å². The van der Waals surface area contributed by atoms with Crippen molar-refractivity contribution in [1.82, 2.24) is 5.32 Å². The number of hydrogen-bond acceptors (Lipinski definition) is 2. The lowest BCUT2D eigenvalue weighted by Crippen LogP contribution is -2.45. The van der Waals surface area contributed by atoms with Gasteiger partial charge < -0.3 is 10.4 Å². The smallest absolute Gasteiger partial charge is 0.322 e. The number of para-hydroxylation sites is 1. The summed E-state index contributed by atoms with van der Waals surface area (Å²) in [7, 11) is 0. The molecule has 0 radical (unpaired) electrons. The Morgan fingerprint density at radius 1 is 1.43 bits per heavy atom. The molecule has 1 aromatic carbocycles. The Balaban J connectivity index is 2.97. The van der Waals surface area contributed by atoms with Gasteiger partial charge in [0.1, 0.15) is 0 Å². The number of nitrogens with one attached hydrogen (secondary N) is 1. The first-order chi connectivity index (χ1) is 9.99. The molecule has 5 nitrogen and oxygen atoms in total. The monoisotopic (exact) mass is 288 g/mol. The summed E-state index contributed by atoms with van der Waals surface area (Å²) in [4.78, 5) is 24.6. The summed E-state index contributed by atoms with van der Waals surface area (Å²) in [5.41, 5.74) is 1.58. The Labute approximate surface area is 125 Å². The Kier molecular flexibility index (Phi) is 6.28. The van der Waals surface area contributed by atoms with E-state index in [4.69, 9.17) is 11.5 Å². The summed E-state index contributed by atoms with van der Waals surface area (Å²) in [5.74, 6) is 1.54. The van der Waals surface area contributed by atoms with Crippen LogP contribution in [-0.2, 0) is 4.79 Å². The molecule has 0 aliphatic heterocycles. The van der Waals surface area contributed by atoms with Gasteiger partial charge in [0.15, 0.2) is 0 Å². The van der Waals surface area contributed by atoms with Crippen molar-refractivity contribution in [3.05, 3.63) is 29.8 Å². The predicted octanol–water partition coefficient (Wildman–Crippen LogP) is 2.40. The topological polar surface area (TPSA) is 69.6 Å². The highest BCUT2D eigenvalue weighted by Gasteiger charge is 2.20. The SMILES string of the molecule is C#CC(CC)NC(=O)N(CCC(=O)O)c1ccccc1C. The number of rotatable bonds is 6. The Morgan fingerprint density at radius 2 is 2.10 bits per heavy atom. The molecule has 0 spiro atoms. The Bertz CT molecular complexity index is 549. The third-order valence-electron chi connectivity index (χ3n) is 3.11. The third-order valence-corrected chi connectivity index (χ3v) is 3.11. The number of carboxylic acids is 1. The molecule has 1 aromatic rings. The number of terminal acetylenes is 1. The molecular formula is C16H20N2O3. The summed E-state index contributed by atoms with van der Waals surface area (Å²) < 4.78 is 0. The van der Waals surface area contributed by atoms with Crippen LogP contribution in [0.4, 0.5) is 10.5 Å². The third kappa shape index (κ3) is 4.84. The van der Waals surface area contributed by atoms with Gasteiger partial charge in [-0.2, -0.15) is 0 Å². The zero-order valence-corrected chi connectivity index (χ0v) is 12.3. The van der Waals surface area contributed by atoms with Gasteiger partial charge in [0.05, 0.1) is 12.5 Å². The van der Waals surface area contributed by atoms with E-state index in [0.717, 1.165) is 5.56 Å². The molecule has 2 N–H and O–H groups in total. The fraction of sp³-hybridized carbons (Fsp3) is 0.375. The number of aliphatic carboxylic acids is 1. The van der Waals surface area contributed by atoms with Gasteiger partial charge in [-0.1, -0.05) is 31.0 Å². The largest absolute Gasteiger partial charge is 0.481 e. The highest BCUT2D eigenvalue weighted by molar-refractivity contribution is 5.93. The summed E-state index contributed by atoms with van der Waals surface area (Å²) in [5, 5.41) is 11.6. The van der Waals surface area contributed by atoms with E-state index in [2.05, 4.69) is 11.2 Å². The van der Waals surface area contributed by atoms with Gasteiger partial charge in [0.2, 0.25) is 0 Å². The van der Waals surface area contributed by atoms with E-state index in [9.17, 15) is 9.59 Å². The second kappa shape index (κ2) is 7.95. The Hall–Kier alpha value is -2.48. The van der Waals surface area contributed by atoms with E-state index in [1.165, 1.54) is 4.90 Å². The van der Waals surface area contributed by atoms with Crippen LogP contribution in [-0.4, -0.2) is 29.7 Å². The maximum atomic E-state index is 12.4. The van der Waals surface area contributed by atoms with Crippen LogP contribution in [0.15, 0.2) is 24.3 Å². The van der Waals surface area contributed by atoms with E-state index < -0.39 is 5.97 Å². The zero-order chi connectivity index (χ0) is 15.8. The van der Waals surface area contributed by atoms with Crippen molar-refractivity contribution in [2.24, 2.45) is 0 Å².